The molecule has 0 unspecified atom stereocenters. The first-order chi connectivity index (χ1) is 11.4. The van der Waals surface area contributed by atoms with Crippen molar-refractivity contribution in [1.82, 2.24) is 4.90 Å². The highest BCUT2D eigenvalue weighted by Gasteiger charge is 2.33. The molecule has 0 fully saturated rings. The zero-order valence-corrected chi connectivity index (χ0v) is 17.0. The number of anilines is 1. The summed E-state index contributed by atoms with van der Waals surface area (Å²) in [5, 5.41) is 3.20. The second kappa shape index (κ2) is 10.6. The summed E-state index contributed by atoms with van der Waals surface area (Å²) < 4.78 is 0. The van der Waals surface area contributed by atoms with Gasteiger partial charge in [-0.1, -0.05) is 25.4 Å². The summed E-state index contributed by atoms with van der Waals surface area (Å²) >= 11 is 6.26. The third-order valence-electron chi connectivity index (χ3n) is 4.73. The first kappa shape index (κ1) is 23.7. The highest BCUT2D eigenvalue weighted by Crippen LogP contribution is 2.28. The van der Waals surface area contributed by atoms with Gasteiger partial charge in [-0.25, -0.2) is 0 Å². The van der Waals surface area contributed by atoms with E-state index >= 15 is 0 Å². The molecule has 25 heavy (non-hydrogen) atoms. The number of nitrogens with two attached hydrogens (primary N) is 1. The summed E-state index contributed by atoms with van der Waals surface area (Å²) in [7, 11) is 0. The number of rotatable bonds is 8. The fraction of sp³-hybridized carbons (Fsp3) is 0.556. The lowest BCUT2D eigenvalue weighted by atomic mass is 9.81. The SMILES string of the molecule is CCN(CC)C(=O)c1ccc(NC(=O)C(CC)(CC)CN)cc1Cl.Cl. The number of hydrogen-bond donors (Lipinski definition) is 2. The van der Waals surface area contributed by atoms with E-state index in [1.54, 1.807) is 23.1 Å². The van der Waals surface area contributed by atoms with Gasteiger partial charge in [-0.2, -0.15) is 0 Å². The highest BCUT2D eigenvalue weighted by molar-refractivity contribution is 6.34. The molecule has 0 radical (unpaired) electrons. The Balaban J connectivity index is 0.00000576. The molecule has 3 N–H and O–H groups in total. The van der Waals surface area contributed by atoms with Gasteiger partial charge >= 0.3 is 0 Å². The van der Waals surface area contributed by atoms with Crippen LogP contribution in [-0.2, 0) is 4.79 Å². The van der Waals surface area contributed by atoms with Crippen LogP contribution in [-0.4, -0.2) is 36.3 Å². The van der Waals surface area contributed by atoms with Crippen molar-refractivity contribution in [2.24, 2.45) is 11.1 Å². The van der Waals surface area contributed by atoms with Crippen molar-refractivity contribution in [1.29, 1.82) is 0 Å². The van der Waals surface area contributed by atoms with Crippen molar-refractivity contribution in [3.8, 4) is 0 Å². The Bertz CT molecular complexity index is 577. The van der Waals surface area contributed by atoms with Gasteiger partial charge in [-0.3, -0.25) is 9.59 Å². The average Bonchev–Trinajstić information content (AvgIpc) is 2.58. The van der Waals surface area contributed by atoms with Gasteiger partial charge in [0.15, 0.2) is 0 Å². The molecule has 0 atom stereocenters. The summed E-state index contributed by atoms with van der Waals surface area (Å²) in [6, 6.07) is 4.97. The third kappa shape index (κ3) is 5.33. The maximum atomic E-state index is 12.5. The Hall–Kier alpha value is -1.30. The van der Waals surface area contributed by atoms with Crippen LogP contribution in [0.15, 0.2) is 18.2 Å². The van der Waals surface area contributed by atoms with E-state index in [2.05, 4.69) is 5.32 Å². The van der Waals surface area contributed by atoms with Crippen molar-refractivity contribution >= 4 is 41.5 Å². The number of nitrogens with zero attached hydrogens (tertiary/aromatic N) is 1. The quantitative estimate of drug-likeness (QED) is 0.706. The van der Waals surface area contributed by atoms with E-state index in [1.807, 2.05) is 27.7 Å². The molecule has 2 amide bonds. The zero-order valence-electron chi connectivity index (χ0n) is 15.4. The summed E-state index contributed by atoms with van der Waals surface area (Å²) in [5.74, 6) is -0.227. The highest BCUT2D eigenvalue weighted by atomic mass is 35.5. The van der Waals surface area contributed by atoms with Gasteiger partial charge in [0, 0.05) is 25.3 Å². The number of carbonyl (C=O) groups excluding carboxylic acids is 2. The number of amides is 2. The average molecular weight is 390 g/mol. The minimum atomic E-state index is -0.581. The van der Waals surface area contributed by atoms with Gasteiger partial charge in [0.2, 0.25) is 5.91 Å². The first-order valence-corrected chi connectivity index (χ1v) is 8.87. The molecule has 0 aromatic heterocycles. The van der Waals surface area contributed by atoms with Gasteiger partial charge in [-0.05, 0) is 44.9 Å². The van der Waals surface area contributed by atoms with E-state index in [1.165, 1.54) is 0 Å². The van der Waals surface area contributed by atoms with Crippen LogP contribution in [0, 0.1) is 5.41 Å². The van der Waals surface area contributed by atoms with Crippen LogP contribution in [0.25, 0.3) is 0 Å². The van der Waals surface area contributed by atoms with E-state index in [0.29, 0.717) is 42.2 Å². The molecule has 7 heteroatoms. The standard InChI is InChI=1S/C18H28ClN3O2.ClH/c1-5-18(6-2,12-20)17(24)21-13-9-10-14(15(19)11-13)16(23)22(7-3)8-4;/h9-11H,5-8,12,20H2,1-4H3,(H,21,24);1H. The molecule has 0 aliphatic heterocycles. The lowest BCUT2D eigenvalue weighted by Gasteiger charge is -2.28. The Kier molecular flexibility index (Phi) is 10.1. The maximum Gasteiger partial charge on any atom is 0.255 e. The lowest BCUT2D eigenvalue weighted by molar-refractivity contribution is -0.125. The molecule has 1 aromatic rings. The van der Waals surface area contributed by atoms with E-state index in [9.17, 15) is 9.59 Å². The summed E-state index contributed by atoms with van der Waals surface area (Å²) in [4.78, 5) is 26.6. The van der Waals surface area contributed by atoms with Crippen LogP contribution >= 0.6 is 24.0 Å². The maximum absolute atomic E-state index is 12.5. The summed E-state index contributed by atoms with van der Waals surface area (Å²) in [6.45, 7) is 9.28. The van der Waals surface area contributed by atoms with Gasteiger partial charge in [-0.15, -0.1) is 12.4 Å². The molecule has 5 nitrogen and oxygen atoms in total. The minimum Gasteiger partial charge on any atom is -0.339 e. The summed E-state index contributed by atoms with van der Waals surface area (Å²) in [6.07, 6.45) is 1.33. The zero-order chi connectivity index (χ0) is 18.3. The van der Waals surface area contributed by atoms with Crippen molar-refractivity contribution < 1.29 is 9.59 Å². The van der Waals surface area contributed by atoms with E-state index in [4.69, 9.17) is 17.3 Å². The molecule has 0 aliphatic carbocycles. The normalized spacial score (nSPS) is 10.8. The third-order valence-corrected chi connectivity index (χ3v) is 5.05. The number of benzene rings is 1. The second-order valence-corrected chi connectivity index (χ2v) is 6.22. The van der Waals surface area contributed by atoms with E-state index < -0.39 is 5.41 Å². The van der Waals surface area contributed by atoms with Gasteiger partial charge in [0.1, 0.15) is 0 Å². The first-order valence-electron chi connectivity index (χ1n) is 8.49. The number of hydrogen-bond acceptors (Lipinski definition) is 3. The minimum absolute atomic E-state index is 0. The van der Waals surface area contributed by atoms with Crippen LogP contribution in [0.2, 0.25) is 5.02 Å². The Morgan fingerprint density at radius 3 is 2.12 bits per heavy atom. The predicted octanol–water partition coefficient (Wildman–Crippen LogP) is 3.95. The molecule has 0 aliphatic rings. The molecular weight excluding hydrogens is 361 g/mol. The molecule has 0 spiro atoms. The molecule has 1 aromatic carbocycles. The Labute approximate surface area is 161 Å². The molecule has 142 valence electrons. The summed E-state index contributed by atoms with van der Waals surface area (Å²) in [5.41, 5.74) is 6.23. The number of nitrogens with one attached hydrogen (secondary N) is 1. The predicted molar refractivity (Wildman–Crippen MR) is 107 cm³/mol. The van der Waals surface area contributed by atoms with Gasteiger partial charge in [0.25, 0.3) is 5.91 Å². The van der Waals surface area contributed by atoms with Crippen molar-refractivity contribution in [3.63, 3.8) is 0 Å². The molecule has 0 bridgehead atoms. The second-order valence-electron chi connectivity index (χ2n) is 5.82. The Morgan fingerprint density at radius 2 is 1.72 bits per heavy atom. The lowest BCUT2D eigenvalue weighted by Crippen LogP contribution is -2.41. The van der Waals surface area contributed by atoms with Crippen LogP contribution in [0.5, 0.6) is 0 Å². The molecule has 0 saturated heterocycles. The smallest absolute Gasteiger partial charge is 0.255 e. The number of halogens is 2. The molecule has 0 saturated carbocycles. The largest absolute Gasteiger partial charge is 0.339 e. The number of carbonyl (C=O) groups is 2. The fourth-order valence-corrected chi connectivity index (χ4v) is 2.93. The van der Waals surface area contributed by atoms with E-state index in [0.717, 1.165) is 0 Å². The van der Waals surface area contributed by atoms with Crippen LogP contribution in [0.1, 0.15) is 50.9 Å². The van der Waals surface area contributed by atoms with Crippen LogP contribution < -0.4 is 11.1 Å². The van der Waals surface area contributed by atoms with Crippen molar-refractivity contribution in [2.45, 2.75) is 40.5 Å². The van der Waals surface area contributed by atoms with Gasteiger partial charge < -0.3 is 16.0 Å². The molecule has 0 heterocycles. The monoisotopic (exact) mass is 389 g/mol. The van der Waals surface area contributed by atoms with Crippen molar-refractivity contribution in [3.05, 3.63) is 28.8 Å². The van der Waals surface area contributed by atoms with Gasteiger partial charge in [0.05, 0.1) is 16.0 Å². The molecule has 1 rings (SSSR count). The molecular formula is C18H29Cl2N3O2. The fourth-order valence-electron chi connectivity index (χ4n) is 2.66. The Morgan fingerprint density at radius 1 is 1.16 bits per heavy atom. The topological polar surface area (TPSA) is 75.4 Å². The van der Waals surface area contributed by atoms with Crippen LogP contribution in [0.4, 0.5) is 5.69 Å². The van der Waals surface area contributed by atoms with Crippen molar-refractivity contribution in [2.75, 3.05) is 25.0 Å². The van der Waals surface area contributed by atoms with E-state index in [-0.39, 0.29) is 30.8 Å². The van der Waals surface area contributed by atoms with Crippen LogP contribution in [0.3, 0.4) is 0 Å².